The summed E-state index contributed by atoms with van der Waals surface area (Å²) in [7, 11) is 0. The number of carbonyl (C=O) groups is 1. The molecule has 7 nitrogen and oxygen atoms in total. The van der Waals surface area contributed by atoms with Crippen LogP contribution in [0.4, 0.5) is 5.69 Å². The van der Waals surface area contributed by atoms with Crippen molar-refractivity contribution < 1.29 is 9.53 Å². The first kappa shape index (κ1) is 31.6. The van der Waals surface area contributed by atoms with E-state index in [9.17, 15) is 4.79 Å². The number of nitrogens with one attached hydrogen (secondary N) is 2. The predicted octanol–water partition coefficient (Wildman–Crippen LogP) is 8.07. The molecule has 0 aliphatic carbocycles. The second-order valence-electron chi connectivity index (χ2n) is 13.1. The fraction of sp³-hybridized carbons (Fsp3) is 0.186. The summed E-state index contributed by atoms with van der Waals surface area (Å²) in [5.74, 6) is 0.545. The first-order chi connectivity index (χ1) is 24.6. The molecule has 0 amide bonds. The standard InChI is InChI=1S/C43H39N5O2/c1-31-20-22-32(23-21-31)26-27-42(40(49)39-19-11-12-28-50-39)37-29-33(24-25-38(37)45-47-42)41-44-30-48(46-41)43(34-13-5-2-6-14-34,35-15-7-3-8-16-35)36-17-9-4-10-18-36/h2-10,13-18,20-27,29-30,39,45,47H,11-12,19,28H2,1H3/b27-26+. The van der Waals surface area contributed by atoms with Gasteiger partial charge in [-0.15, -0.1) is 5.10 Å². The molecule has 1 aromatic heterocycles. The Balaban J connectivity index is 1.26. The summed E-state index contributed by atoms with van der Waals surface area (Å²) in [4.78, 5) is 19.4. The first-order valence-electron chi connectivity index (χ1n) is 17.3. The van der Waals surface area contributed by atoms with Gasteiger partial charge in [-0.3, -0.25) is 4.79 Å². The lowest BCUT2D eigenvalue weighted by atomic mass is 9.77. The molecular formula is C43H39N5O2. The van der Waals surface area contributed by atoms with E-state index < -0.39 is 17.2 Å². The third-order valence-electron chi connectivity index (χ3n) is 9.97. The van der Waals surface area contributed by atoms with E-state index in [4.69, 9.17) is 14.8 Å². The van der Waals surface area contributed by atoms with Crippen molar-refractivity contribution in [2.24, 2.45) is 0 Å². The van der Waals surface area contributed by atoms with Gasteiger partial charge < -0.3 is 10.2 Å². The van der Waals surface area contributed by atoms with Crippen molar-refractivity contribution in [3.8, 4) is 11.4 Å². The second-order valence-corrected chi connectivity index (χ2v) is 13.1. The average Bonchev–Trinajstić information content (AvgIpc) is 3.83. The van der Waals surface area contributed by atoms with Crippen LogP contribution >= 0.6 is 0 Å². The van der Waals surface area contributed by atoms with Crippen molar-refractivity contribution in [2.75, 3.05) is 12.0 Å². The van der Waals surface area contributed by atoms with Gasteiger partial charge in [-0.2, -0.15) is 0 Å². The maximum Gasteiger partial charge on any atom is 0.191 e. The van der Waals surface area contributed by atoms with Gasteiger partial charge in [-0.05, 0) is 66.6 Å². The van der Waals surface area contributed by atoms with Crippen LogP contribution in [0.25, 0.3) is 17.5 Å². The van der Waals surface area contributed by atoms with Crippen molar-refractivity contribution in [1.82, 2.24) is 20.2 Å². The number of fused-ring (bicyclic) bond motifs is 1. The number of aromatic nitrogens is 3. The van der Waals surface area contributed by atoms with Crippen molar-refractivity contribution in [2.45, 2.75) is 43.4 Å². The molecule has 50 heavy (non-hydrogen) atoms. The Morgan fingerprint density at radius 3 is 2.08 bits per heavy atom. The highest BCUT2D eigenvalue weighted by molar-refractivity contribution is 5.99. The molecule has 7 heteroatoms. The Morgan fingerprint density at radius 2 is 1.48 bits per heavy atom. The van der Waals surface area contributed by atoms with Gasteiger partial charge >= 0.3 is 0 Å². The summed E-state index contributed by atoms with van der Waals surface area (Å²) >= 11 is 0. The monoisotopic (exact) mass is 657 g/mol. The summed E-state index contributed by atoms with van der Waals surface area (Å²) in [5, 5.41) is 5.23. The van der Waals surface area contributed by atoms with Crippen LogP contribution in [0.5, 0.6) is 0 Å². The van der Waals surface area contributed by atoms with Crippen LogP contribution in [-0.4, -0.2) is 33.3 Å². The third kappa shape index (κ3) is 5.54. The number of nitrogens with zero attached hydrogens (tertiary/aromatic N) is 3. The average molecular weight is 658 g/mol. The molecule has 2 aliphatic heterocycles. The number of hydrazine groups is 1. The number of aryl methyl sites for hydroxylation is 1. The zero-order valence-corrected chi connectivity index (χ0v) is 28.0. The van der Waals surface area contributed by atoms with Gasteiger partial charge in [0.1, 0.15) is 23.5 Å². The van der Waals surface area contributed by atoms with Crippen molar-refractivity contribution in [3.05, 3.63) is 179 Å². The molecule has 0 spiro atoms. The molecule has 5 aromatic carbocycles. The largest absolute Gasteiger partial charge is 0.370 e. The van der Waals surface area contributed by atoms with E-state index in [0.717, 1.165) is 51.9 Å². The SMILES string of the molecule is Cc1ccc(/C=C/C2(C(=O)C3CCCCO3)NNc3ccc(-c4ncn(C(c5ccccc5)(c5ccccc5)c5ccccc5)n4)cc32)cc1. The molecule has 6 aromatic rings. The van der Waals surface area contributed by atoms with Gasteiger partial charge in [0, 0.05) is 17.7 Å². The van der Waals surface area contributed by atoms with Gasteiger partial charge in [0.15, 0.2) is 11.6 Å². The van der Waals surface area contributed by atoms with Crippen LogP contribution in [0, 0.1) is 6.92 Å². The van der Waals surface area contributed by atoms with Gasteiger partial charge in [0.05, 0.1) is 5.69 Å². The number of carbonyl (C=O) groups excluding carboxylic acids is 1. The highest BCUT2D eigenvalue weighted by Crippen LogP contribution is 2.42. The normalized spacial score (nSPS) is 18.9. The molecule has 8 rings (SSSR count). The van der Waals surface area contributed by atoms with E-state index in [1.54, 1.807) is 0 Å². The Labute approximate surface area is 292 Å². The third-order valence-corrected chi connectivity index (χ3v) is 9.97. The van der Waals surface area contributed by atoms with Crippen LogP contribution in [0.3, 0.4) is 0 Å². The zero-order chi connectivity index (χ0) is 34.0. The molecule has 2 atom stereocenters. The number of hydrogen-bond donors (Lipinski definition) is 2. The lowest BCUT2D eigenvalue weighted by Crippen LogP contribution is -2.51. The van der Waals surface area contributed by atoms with E-state index in [1.807, 2.05) is 59.6 Å². The van der Waals surface area contributed by atoms with E-state index in [1.165, 1.54) is 5.56 Å². The summed E-state index contributed by atoms with van der Waals surface area (Å²) in [6, 6.07) is 45.6. The van der Waals surface area contributed by atoms with Crippen LogP contribution in [0.1, 0.15) is 52.6 Å². The molecule has 2 N–H and O–H groups in total. The summed E-state index contributed by atoms with van der Waals surface area (Å²) in [6.45, 7) is 2.65. The van der Waals surface area contributed by atoms with E-state index in [0.29, 0.717) is 18.9 Å². The predicted molar refractivity (Wildman–Crippen MR) is 197 cm³/mol. The molecule has 0 saturated carbocycles. The molecule has 248 valence electrons. The highest BCUT2D eigenvalue weighted by Gasteiger charge is 2.47. The summed E-state index contributed by atoms with van der Waals surface area (Å²) < 4.78 is 8.03. The number of ether oxygens (including phenoxy) is 1. The number of anilines is 1. The Hall–Kier alpha value is -5.63. The molecule has 1 saturated heterocycles. The number of ketones is 1. The minimum Gasteiger partial charge on any atom is -0.370 e. The summed E-state index contributed by atoms with van der Waals surface area (Å²) in [5.41, 5.74) is 12.6. The molecule has 0 radical (unpaired) electrons. The van der Waals surface area contributed by atoms with E-state index >= 15 is 0 Å². The maximum atomic E-state index is 14.5. The molecule has 3 heterocycles. The van der Waals surface area contributed by atoms with Crippen LogP contribution in [-0.2, 0) is 20.6 Å². The molecule has 0 bridgehead atoms. The fourth-order valence-electron chi connectivity index (χ4n) is 7.35. The van der Waals surface area contributed by atoms with Gasteiger partial charge in [-0.1, -0.05) is 133 Å². The van der Waals surface area contributed by atoms with Crippen molar-refractivity contribution in [1.29, 1.82) is 0 Å². The molecule has 2 aliphatic rings. The van der Waals surface area contributed by atoms with Gasteiger partial charge in [0.2, 0.25) is 0 Å². The van der Waals surface area contributed by atoms with Crippen molar-refractivity contribution in [3.63, 3.8) is 0 Å². The van der Waals surface area contributed by atoms with E-state index in [-0.39, 0.29) is 5.78 Å². The minimum absolute atomic E-state index is 0.0151. The topological polar surface area (TPSA) is 81.1 Å². The zero-order valence-electron chi connectivity index (χ0n) is 28.0. The Morgan fingerprint density at radius 1 is 0.840 bits per heavy atom. The smallest absolute Gasteiger partial charge is 0.191 e. The number of benzene rings is 5. The van der Waals surface area contributed by atoms with Crippen molar-refractivity contribution >= 4 is 17.5 Å². The quantitative estimate of drug-likeness (QED) is 0.153. The minimum atomic E-state index is -1.15. The van der Waals surface area contributed by atoms with E-state index in [2.05, 4.69) is 115 Å². The summed E-state index contributed by atoms with van der Waals surface area (Å²) in [6.07, 6.45) is 7.92. The second kappa shape index (κ2) is 13.3. The van der Waals surface area contributed by atoms with Crippen LogP contribution in [0.15, 0.2) is 146 Å². The lowest BCUT2D eigenvalue weighted by molar-refractivity contribution is -0.138. The number of Topliss-reactive ketones (excluding diaryl/α,β-unsaturated/α-hetero) is 1. The molecular weight excluding hydrogens is 619 g/mol. The maximum absolute atomic E-state index is 14.5. The number of hydrogen-bond acceptors (Lipinski definition) is 6. The molecule has 2 unspecified atom stereocenters. The van der Waals surface area contributed by atoms with Gasteiger partial charge in [0.25, 0.3) is 0 Å². The Kier molecular flexibility index (Phi) is 8.44. The highest BCUT2D eigenvalue weighted by atomic mass is 16.5. The number of rotatable bonds is 9. The van der Waals surface area contributed by atoms with Gasteiger partial charge in [-0.25, -0.2) is 15.1 Å². The Bertz CT molecular complexity index is 2020. The fourth-order valence-corrected chi connectivity index (χ4v) is 7.35. The van der Waals surface area contributed by atoms with Crippen LogP contribution in [0.2, 0.25) is 0 Å². The molecule has 1 fully saturated rings. The first-order valence-corrected chi connectivity index (χ1v) is 17.3. The van der Waals surface area contributed by atoms with Crippen LogP contribution < -0.4 is 10.9 Å². The lowest BCUT2D eigenvalue weighted by Gasteiger charge is -2.35.